The lowest BCUT2D eigenvalue weighted by Gasteiger charge is -2.15. The molecule has 0 radical (unpaired) electrons. The largest absolute Gasteiger partial charge is 0.422 e. The van der Waals surface area contributed by atoms with Crippen molar-refractivity contribution in [3.05, 3.63) is 17.5 Å². The maximum Gasteiger partial charge on any atom is 0.422 e. The van der Waals surface area contributed by atoms with Gasteiger partial charge in [0, 0.05) is 24.8 Å². The van der Waals surface area contributed by atoms with Gasteiger partial charge in [0.15, 0.2) is 0 Å². The van der Waals surface area contributed by atoms with E-state index in [-0.39, 0.29) is 29.1 Å². The zero-order valence-corrected chi connectivity index (χ0v) is 12.7. The maximum absolute atomic E-state index is 13.4. The van der Waals surface area contributed by atoms with Crippen molar-refractivity contribution < 1.29 is 13.2 Å². The number of aromatic nitrogens is 4. The Balaban J connectivity index is 2.77. The standard InChI is InChI=1S/C13H17F3N6/c1-6(2)22-5-8(7(3)21-22)10-9(13(14,15)16)11(18-4)20-12(17)19-10/h5-6H,1-4H3,(H3,17,18,19,20). The van der Waals surface area contributed by atoms with Gasteiger partial charge >= 0.3 is 6.18 Å². The van der Waals surface area contributed by atoms with Gasteiger partial charge in [-0.05, 0) is 20.8 Å². The minimum absolute atomic E-state index is 0.0183. The van der Waals surface area contributed by atoms with Gasteiger partial charge in [-0.3, -0.25) is 4.68 Å². The molecular formula is C13H17F3N6. The molecule has 0 fully saturated rings. The van der Waals surface area contributed by atoms with Crippen molar-refractivity contribution in [2.75, 3.05) is 18.1 Å². The van der Waals surface area contributed by atoms with Gasteiger partial charge in [-0.25, -0.2) is 4.98 Å². The lowest BCUT2D eigenvalue weighted by atomic mass is 10.1. The molecular weight excluding hydrogens is 297 g/mol. The van der Waals surface area contributed by atoms with Crippen LogP contribution in [0.5, 0.6) is 0 Å². The first kappa shape index (κ1) is 16.1. The molecule has 0 saturated carbocycles. The summed E-state index contributed by atoms with van der Waals surface area (Å²) in [5.74, 6) is -0.587. The number of rotatable bonds is 3. The highest BCUT2D eigenvalue weighted by Crippen LogP contribution is 2.41. The van der Waals surface area contributed by atoms with Crippen LogP contribution in [0.1, 0.15) is 31.1 Å². The molecule has 2 aromatic rings. The van der Waals surface area contributed by atoms with Crippen LogP contribution in [0.3, 0.4) is 0 Å². The first-order valence-electron chi connectivity index (χ1n) is 6.63. The van der Waals surface area contributed by atoms with Crippen LogP contribution in [0.2, 0.25) is 0 Å². The van der Waals surface area contributed by atoms with Crippen molar-refractivity contribution in [1.82, 2.24) is 19.7 Å². The number of hydrogen-bond acceptors (Lipinski definition) is 5. The zero-order chi connectivity index (χ0) is 16.7. The van der Waals surface area contributed by atoms with Gasteiger partial charge in [0.05, 0.1) is 11.4 Å². The Morgan fingerprint density at radius 2 is 1.91 bits per heavy atom. The summed E-state index contributed by atoms with van der Waals surface area (Å²) in [6.45, 7) is 5.40. The third-order valence-corrected chi connectivity index (χ3v) is 3.15. The van der Waals surface area contributed by atoms with Crippen LogP contribution >= 0.6 is 0 Å². The van der Waals surface area contributed by atoms with Crippen molar-refractivity contribution in [1.29, 1.82) is 0 Å². The van der Waals surface area contributed by atoms with Crippen LogP contribution in [0, 0.1) is 6.92 Å². The minimum atomic E-state index is -4.62. The Morgan fingerprint density at radius 1 is 1.27 bits per heavy atom. The summed E-state index contributed by atoms with van der Waals surface area (Å²) in [5, 5.41) is 6.65. The molecule has 6 nitrogen and oxygen atoms in total. The van der Waals surface area contributed by atoms with Crippen molar-refractivity contribution in [2.45, 2.75) is 33.0 Å². The van der Waals surface area contributed by atoms with E-state index in [0.717, 1.165) is 0 Å². The van der Waals surface area contributed by atoms with E-state index in [1.807, 2.05) is 13.8 Å². The molecule has 2 aromatic heterocycles. The lowest BCUT2D eigenvalue weighted by Crippen LogP contribution is -2.15. The summed E-state index contributed by atoms with van der Waals surface area (Å²) >= 11 is 0. The molecule has 120 valence electrons. The average molecular weight is 314 g/mol. The number of anilines is 2. The van der Waals surface area contributed by atoms with E-state index in [9.17, 15) is 13.2 Å². The second-order valence-electron chi connectivity index (χ2n) is 5.10. The van der Waals surface area contributed by atoms with E-state index < -0.39 is 11.7 Å². The summed E-state index contributed by atoms with van der Waals surface area (Å²) in [7, 11) is 1.35. The van der Waals surface area contributed by atoms with Gasteiger partial charge in [0.2, 0.25) is 5.95 Å². The number of nitrogen functional groups attached to an aromatic ring is 1. The van der Waals surface area contributed by atoms with Crippen LogP contribution in [0.25, 0.3) is 11.3 Å². The number of nitrogens with one attached hydrogen (secondary N) is 1. The SMILES string of the molecule is CNc1nc(N)nc(-c2cn(C(C)C)nc2C)c1C(F)(F)F. The molecule has 0 aromatic carbocycles. The van der Waals surface area contributed by atoms with E-state index in [4.69, 9.17) is 5.73 Å². The first-order valence-corrected chi connectivity index (χ1v) is 6.63. The molecule has 2 rings (SSSR count). The topological polar surface area (TPSA) is 81.6 Å². The average Bonchev–Trinajstić information content (AvgIpc) is 2.78. The van der Waals surface area contributed by atoms with E-state index in [1.54, 1.807) is 11.6 Å². The molecule has 0 spiro atoms. The lowest BCUT2D eigenvalue weighted by molar-refractivity contribution is -0.136. The quantitative estimate of drug-likeness (QED) is 0.910. The molecule has 3 N–H and O–H groups in total. The van der Waals surface area contributed by atoms with Gasteiger partial charge in [0.25, 0.3) is 0 Å². The molecule has 2 heterocycles. The molecule has 0 amide bonds. The third kappa shape index (κ3) is 2.83. The van der Waals surface area contributed by atoms with Crippen molar-refractivity contribution in [2.24, 2.45) is 0 Å². The summed E-state index contributed by atoms with van der Waals surface area (Å²) in [6, 6.07) is 0.0183. The summed E-state index contributed by atoms with van der Waals surface area (Å²) in [6.07, 6.45) is -3.08. The third-order valence-electron chi connectivity index (χ3n) is 3.15. The van der Waals surface area contributed by atoms with Crippen molar-refractivity contribution >= 4 is 11.8 Å². The normalized spacial score (nSPS) is 12.0. The second kappa shape index (κ2) is 5.47. The molecule has 0 aliphatic rings. The fourth-order valence-corrected chi connectivity index (χ4v) is 2.10. The Bertz CT molecular complexity index is 690. The molecule has 0 unspecified atom stereocenters. The number of nitrogens with two attached hydrogens (primary N) is 1. The number of alkyl halides is 3. The van der Waals surface area contributed by atoms with Gasteiger partial charge in [-0.1, -0.05) is 0 Å². The summed E-state index contributed by atoms with van der Waals surface area (Å²) < 4.78 is 41.9. The minimum Gasteiger partial charge on any atom is -0.372 e. The highest BCUT2D eigenvalue weighted by Gasteiger charge is 2.39. The molecule has 0 atom stereocenters. The Hall–Kier alpha value is -2.32. The van der Waals surface area contributed by atoms with E-state index in [1.165, 1.54) is 13.2 Å². The van der Waals surface area contributed by atoms with Crippen LogP contribution in [0.4, 0.5) is 24.9 Å². The predicted octanol–water partition coefficient (Wildman–Crippen LogP) is 2.87. The smallest absolute Gasteiger partial charge is 0.372 e. The fraction of sp³-hybridized carbons (Fsp3) is 0.462. The second-order valence-corrected chi connectivity index (χ2v) is 5.10. The fourth-order valence-electron chi connectivity index (χ4n) is 2.10. The Labute approximate surface area is 125 Å². The van der Waals surface area contributed by atoms with E-state index in [2.05, 4.69) is 20.4 Å². The molecule has 9 heteroatoms. The van der Waals surface area contributed by atoms with Gasteiger partial charge in [-0.2, -0.15) is 23.3 Å². The van der Waals surface area contributed by atoms with E-state index in [0.29, 0.717) is 5.69 Å². The van der Waals surface area contributed by atoms with Crippen LogP contribution in [-0.4, -0.2) is 26.8 Å². The summed E-state index contributed by atoms with van der Waals surface area (Å²) in [4.78, 5) is 7.43. The van der Waals surface area contributed by atoms with Crippen LogP contribution in [0.15, 0.2) is 6.20 Å². The van der Waals surface area contributed by atoms with Crippen molar-refractivity contribution in [3.8, 4) is 11.3 Å². The van der Waals surface area contributed by atoms with Crippen LogP contribution < -0.4 is 11.1 Å². The van der Waals surface area contributed by atoms with Gasteiger partial charge in [0.1, 0.15) is 11.4 Å². The number of aryl methyl sites for hydroxylation is 1. The molecule has 0 saturated heterocycles. The highest BCUT2D eigenvalue weighted by atomic mass is 19.4. The maximum atomic E-state index is 13.4. The first-order chi connectivity index (χ1) is 10.1. The predicted molar refractivity (Wildman–Crippen MR) is 77.3 cm³/mol. The molecule has 0 aliphatic heterocycles. The Kier molecular flexibility index (Phi) is 3.99. The zero-order valence-electron chi connectivity index (χ0n) is 12.7. The van der Waals surface area contributed by atoms with E-state index >= 15 is 0 Å². The number of nitrogens with zero attached hydrogens (tertiary/aromatic N) is 4. The monoisotopic (exact) mass is 314 g/mol. The Morgan fingerprint density at radius 3 is 2.36 bits per heavy atom. The molecule has 0 bridgehead atoms. The number of hydrogen-bond donors (Lipinski definition) is 2. The van der Waals surface area contributed by atoms with Gasteiger partial charge < -0.3 is 11.1 Å². The molecule has 0 aliphatic carbocycles. The summed E-state index contributed by atoms with van der Waals surface area (Å²) in [5.41, 5.74) is 5.05. The highest BCUT2D eigenvalue weighted by molar-refractivity contribution is 5.72. The number of halogens is 3. The van der Waals surface area contributed by atoms with Crippen molar-refractivity contribution in [3.63, 3.8) is 0 Å². The van der Waals surface area contributed by atoms with Gasteiger partial charge in [-0.15, -0.1) is 0 Å². The van der Waals surface area contributed by atoms with Crippen LogP contribution in [-0.2, 0) is 6.18 Å². The molecule has 22 heavy (non-hydrogen) atoms.